The SMILES string of the molecule is C[C@H](Nc1ncnc2ncccc12)c1cc2cccc(Cl)c2c(=O)n1-c1ccccc1. The number of halogens is 1. The molecule has 0 radical (unpaired) electrons. The molecule has 3 aromatic heterocycles. The van der Waals surface area contributed by atoms with E-state index in [0.29, 0.717) is 21.9 Å². The fraction of sp³-hybridized carbons (Fsp3) is 0.0833. The van der Waals surface area contributed by atoms with Gasteiger partial charge in [-0.3, -0.25) is 9.36 Å². The van der Waals surface area contributed by atoms with Crippen molar-refractivity contribution in [2.24, 2.45) is 0 Å². The number of hydrogen-bond donors (Lipinski definition) is 1. The molecule has 0 saturated carbocycles. The predicted molar refractivity (Wildman–Crippen MR) is 124 cm³/mol. The van der Waals surface area contributed by atoms with Crippen molar-refractivity contribution in [3.8, 4) is 5.69 Å². The molecule has 6 nitrogen and oxygen atoms in total. The van der Waals surface area contributed by atoms with Gasteiger partial charge in [0.15, 0.2) is 5.65 Å². The molecule has 1 atom stereocenters. The minimum atomic E-state index is -0.241. The Bertz CT molecular complexity index is 1460. The largest absolute Gasteiger partial charge is 0.361 e. The van der Waals surface area contributed by atoms with E-state index in [4.69, 9.17) is 11.6 Å². The average Bonchev–Trinajstić information content (AvgIpc) is 2.79. The number of rotatable bonds is 4. The van der Waals surface area contributed by atoms with Crippen molar-refractivity contribution in [1.29, 1.82) is 0 Å². The first-order chi connectivity index (χ1) is 15.1. The Morgan fingerprint density at radius 3 is 2.65 bits per heavy atom. The summed E-state index contributed by atoms with van der Waals surface area (Å²) in [5.74, 6) is 0.656. The van der Waals surface area contributed by atoms with Gasteiger partial charge in [-0.05, 0) is 48.7 Å². The number of nitrogens with zero attached hydrogens (tertiary/aromatic N) is 4. The number of nitrogens with one attached hydrogen (secondary N) is 1. The van der Waals surface area contributed by atoms with E-state index in [1.165, 1.54) is 6.33 Å². The van der Waals surface area contributed by atoms with Crippen LogP contribution in [-0.4, -0.2) is 19.5 Å². The van der Waals surface area contributed by atoms with E-state index in [0.717, 1.165) is 22.2 Å². The van der Waals surface area contributed by atoms with Gasteiger partial charge < -0.3 is 5.32 Å². The molecule has 0 fully saturated rings. The van der Waals surface area contributed by atoms with Crippen molar-refractivity contribution in [3.05, 3.63) is 100 Å². The topological polar surface area (TPSA) is 72.7 Å². The molecule has 0 saturated heterocycles. The summed E-state index contributed by atoms with van der Waals surface area (Å²) in [7, 11) is 0. The number of anilines is 1. The summed E-state index contributed by atoms with van der Waals surface area (Å²) >= 11 is 6.40. The second-order valence-corrected chi connectivity index (χ2v) is 7.62. The second kappa shape index (κ2) is 7.81. The molecular weight excluding hydrogens is 410 g/mol. The van der Waals surface area contributed by atoms with Gasteiger partial charge in [0.2, 0.25) is 0 Å². The van der Waals surface area contributed by atoms with E-state index in [1.807, 2.05) is 67.6 Å². The first-order valence-corrected chi connectivity index (χ1v) is 10.2. The molecule has 5 aromatic rings. The highest BCUT2D eigenvalue weighted by Gasteiger charge is 2.18. The maximum absolute atomic E-state index is 13.6. The maximum Gasteiger partial charge on any atom is 0.264 e. The van der Waals surface area contributed by atoms with Crippen molar-refractivity contribution in [2.45, 2.75) is 13.0 Å². The number of para-hydroxylation sites is 1. The van der Waals surface area contributed by atoms with Crippen LogP contribution in [0.5, 0.6) is 0 Å². The molecule has 0 unspecified atom stereocenters. The Hall–Kier alpha value is -3.77. The monoisotopic (exact) mass is 427 g/mol. The van der Waals surface area contributed by atoms with Gasteiger partial charge in [-0.1, -0.05) is 41.9 Å². The van der Waals surface area contributed by atoms with Crippen LogP contribution in [0.1, 0.15) is 18.7 Å². The van der Waals surface area contributed by atoms with Gasteiger partial charge in [0, 0.05) is 17.6 Å². The first-order valence-electron chi connectivity index (χ1n) is 9.85. The first kappa shape index (κ1) is 19.2. The highest BCUT2D eigenvalue weighted by molar-refractivity contribution is 6.35. The molecular formula is C24H18ClN5O. The quantitative estimate of drug-likeness (QED) is 0.429. The highest BCUT2D eigenvalue weighted by Crippen LogP contribution is 2.28. The van der Waals surface area contributed by atoms with Crippen LogP contribution in [0, 0.1) is 0 Å². The Morgan fingerprint density at radius 1 is 0.968 bits per heavy atom. The van der Waals surface area contributed by atoms with Crippen LogP contribution in [0.15, 0.2) is 84.0 Å². The predicted octanol–water partition coefficient (Wildman–Crippen LogP) is 5.16. The van der Waals surface area contributed by atoms with Crippen LogP contribution in [0.3, 0.4) is 0 Å². The fourth-order valence-corrected chi connectivity index (χ4v) is 4.05. The lowest BCUT2D eigenvalue weighted by molar-refractivity contribution is 0.774. The molecule has 5 rings (SSSR count). The number of pyridine rings is 2. The number of benzene rings is 2. The molecule has 2 aromatic carbocycles. The molecule has 0 aliphatic rings. The standard InChI is InChI=1S/C24H18ClN5O/c1-15(29-23-18-10-6-12-26-22(18)27-14-28-23)20-13-16-7-5-11-19(25)21(16)24(31)30(20)17-8-3-2-4-9-17/h2-15H,1H3,(H,26,27,28,29)/t15-/m0/s1. The van der Waals surface area contributed by atoms with E-state index in [1.54, 1.807) is 16.8 Å². The van der Waals surface area contributed by atoms with Gasteiger partial charge in [0.05, 0.1) is 21.8 Å². The normalized spacial score (nSPS) is 12.2. The van der Waals surface area contributed by atoms with Gasteiger partial charge in [-0.2, -0.15) is 0 Å². The van der Waals surface area contributed by atoms with Crippen molar-refractivity contribution < 1.29 is 0 Å². The Labute approximate surface area is 183 Å². The summed E-state index contributed by atoms with van der Waals surface area (Å²) in [6, 6.07) is 20.6. The van der Waals surface area contributed by atoms with Crippen LogP contribution in [0.4, 0.5) is 5.82 Å². The molecule has 1 N–H and O–H groups in total. The number of hydrogen-bond acceptors (Lipinski definition) is 5. The Balaban J connectivity index is 1.71. The van der Waals surface area contributed by atoms with E-state index in [2.05, 4.69) is 20.3 Å². The second-order valence-electron chi connectivity index (χ2n) is 7.21. The molecule has 152 valence electrons. The third-order valence-corrected chi connectivity index (χ3v) is 5.56. The van der Waals surface area contributed by atoms with Gasteiger partial charge >= 0.3 is 0 Å². The molecule has 0 amide bonds. The number of fused-ring (bicyclic) bond motifs is 2. The summed E-state index contributed by atoms with van der Waals surface area (Å²) in [6.07, 6.45) is 3.18. The van der Waals surface area contributed by atoms with Crippen molar-refractivity contribution in [1.82, 2.24) is 19.5 Å². The molecule has 0 spiro atoms. The number of aromatic nitrogens is 4. The van der Waals surface area contributed by atoms with Crippen LogP contribution >= 0.6 is 11.6 Å². The molecule has 3 heterocycles. The third-order valence-electron chi connectivity index (χ3n) is 5.24. The van der Waals surface area contributed by atoms with E-state index < -0.39 is 0 Å². The van der Waals surface area contributed by atoms with Crippen LogP contribution < -0.4 is 10.9 Å². The zero-order chi connectivity index (χ0) is 21.4. The van der Waals surface area contributed by atoms with E-state index >= 15 is 0 Å². The lowest BCUT2D eigenvalue weighted by Crippen LogP contribution is -2.25. The third kappa shape index (κ3) is 3.41. The van der Waals surface area contributed by atoms with Crippen LogP contribution in [0.25, 0.3) is 27.5 Å². The summed E-state index contributed by atoms with van der Waals surface area (Å²) in [6.45, 7) is 1.99. The maximum atomic E-state index is 13.6. The molecule has 0 aliphatic heterocycles. The zero-order valence-electron chi connectivity index (χ0n) is 16.7. The molecule has 0 bridgehead atoms. The van der Waals surface area contributed by atoms with Crippen molar-refractivity contribution in [2.75, 3.05) is 5.32 Å². The molecule has 31 heavy (non-hydrogen) atoms. The van der Waals surface area contributed by atoms with E-state index in [-0.39, 0.29) is 11.6 Å². The van der Waals surface area contributed by atoms with Gasteiger partial charge in [0.1, 0.15) is 12.1 Å². The summed E-state index contributed by atoms with van der Waals surface area (Å²) in [5, 5.41) is 5.98. The Kier molecular flexibility index (Phi) is 4.84. The Morgan fingerprint density at radius 2 is 1.81 bits per heavy atom. The summed E-state index contributed by atoms with van der Waals surface area (Å²) < 4.78 is 1.70. The van der Waals surface area contributed by atoms with Gasteiger partial charge in [0.25, 0.3) is 5.56 Å². The lowest BCUT2D eigenvalue weighted by Gasteiger charge is -2.22. The minimum Gasteiger partial charge on any atom is -0.361 e. The van der Waals surface area contributed by atoms with Gasteiger partial charge in [-0.15, -0.1) is 0 Å². The lowest BCUT2D eigenvalue weighted by atomic mass is 10.1. The fourth-order valence-electron chi connectivity index (χ4n) is 3.79. The molecule has 0 aliphatic carbocycles. The average molecular weight is 428 g/mol. The van der Waals surface area contributed by atoms with Crippen LogP contribution in [-0.2, 0) is 0 Å². The van der Waals surface area contributed by atoms with Crippen molar-refractivity contribution >= 4 is 39.2 Å². The van der Waals surface area contributed by atoms with E-state index in [9.17, 15) is 4.79 Å². The summed E-state index contributed by atoms with van der Waals surface area (Å²) in [5.41, 5.74) is 2.01. The minimum absolute atomic E-state index is 0.160. The zero-order valence-corrected chi connectivity index (χ0v) is 17.4. The summed E-state index contributed by atoms with van der Waals surface area (Å²) in [4.78, 5) is 26.5. The van der Waals surface area contributed by atoms with Gasteiger partial charge in [-0.25, -0.2) is 15.0 Å². The highest BCUT2D eigenvalue weighted by atomic mass is 35.5. The smallest absolute Gasteiger partial charge is 0.264 e. The van der Waals surface area contributed by atoms with Crippen molar-refractivity contribution in [3.63, 3.8) is 0 Å². The van der Waals surface area contributed by atoms with Crippen LogP contribution in [0.2, 0.25) is 5.02 Å². The molecule has 7 heteroatoms.